The molecule has 1 fully saturated rings. The lowest BCUT2D eigenvalue weighted by molar-refractivity contribution is -0.147. The largest absolute Gasteiger partial charge is 0.481 e. The lowest BCUT2D eigenvalue weighted by atomic mass is 9.93. The zero-order chi connectivity index (χ0) is 18.8. The number of amides is 1. The molecule has 0 radical (unpaired) electrons. The highest BCUT2D eigenvalue weighted by Gasteiger charge is 2.35. The summed E-state index contributed by atoms with van der Waals surface area (Å²) in [5.41, 5.74) is 0. The van der Waals surface area contributed by atoms with Crippen LogP contribution in [0.4, 0.5) is 4.39 Å². The molecule has 1 aliphatic heterocycles. The number of likely N-dealkylation sites (tertiary alicyclic amines) is 1. The van der Waals surface area contributed by atoms with Crippen LogP contribution in [0, 0.1) is 11.7 Å². The summed E-state index contributed by atoms with van der Waals surface area (Å²) in [6.07, 6.45) is 0.991. The molecular weight excluding hydrogens is 351 g/mol. The van der Waals surface area contributed by atoms with Crippen molar-refractivity contribution in [2.75, 3.05) is 6.54 Å². The second kappa shape index (κ2) is 7.49. The van der Waals surface area contributed by atoms with E-state index in [0.29, 0.717) is 12.8 Å². The maximum absolute atomic E-state index is 13.7. The zero-order valence-corrected chi connectivity index (χ0v) is 14.8. The summed E-state index contributed by atoms with van der Waals surface area (Å²) in [7, 11) is -4.21. The van der Waals surface area contributed by atoms with E-state index in [4.69, 9.17) is 5.11 Å². The van der Waals surface area contributed by atoms with Crippen LogP contribution in [0.25, 0.3) is 0 Å². The lowest BCUT2D eigenvalue weighted by Gasteiger charge is -2.38. The number of sulfonamides is 1. The number of hydrogen-bond donors (Lipinski definition) is 2. The summed E-state index contributed by atoms with van der Waals surface area (Å²) in [6, 6.07) is 3.55. The number of hydrogen-bond acceptors (Lipinski definition) is 4. The molecule has 0 bridgehead atoms. The van der Waals surface area contributed by atoms with Crippen molar-refractivity contribution >= 4 is 21.9 Å². The number of aliphatic carboxylic acids is 1. The molecule has 0 saturated carbocycles. The standard InChI is InChI=1S/C16H21FN2O5S/c1-10-7-8-12(16(21)22)9-19(10)15(20)11(2)18-25(23,24)14-6-4-3-5-13(14)17/h3-6,10-12,18H,7-9H2,1-2H3,(H,21,22). The quantitative estimate of drug-likeness (QED) is 0.808. The number of halogens is 1. The number of nitrogens with zero attached hydrogens (tertiary/aromatic N) is 1. The van der Waals surface area contributed by atoms with Crippen molar-refractivity contribution in [1.29, 1.82) is 0 Å². The third-order valence-electron chi connectivity index (χ3n) is 4.34. The molecule has 1 aliphatic rings. The van der Waals surface area contributed by atoms with Gasteiger partial charge in [-0.15, -0.1) is 0 Å². The molecule has 1 aromatic rings. The van der Waals surface area contributed by atoms with Gasteiger partial charge in [0.1, 0.15) is 10.7 Å². The van der Waals surface area contributed by atoms with Crippen molar-refractivity contribution in [1.82, 2.24) is 9.62 Å². The molecule has 138 valence electrons. The molecule has 0 aliphatic carbocycles. The van der Waals surface area contributed by atoms with Gasteiger partial charge < -0.3 is 10.0 Å². The number of benzene rings is 1. The Bertz CT molecular complexity index is 768. The number of carboxylic acid groups (broad SMARTS) is 1. The number of carbonyl (C=O) groups is 2. The Kier molecular flexibility index (Phi) is 5.79. The minimum atomic E-state index is -4.21. The number of rotatable bonds is 5. The molecule has 3 atom stereocenters. The second-order valence-electron chi connectivity index (χ2n) is 6.23. The number of nitrogens with one attached hydrogen (secondary N) is 1. The van der Waals surface area contributed by atoms with Crippen LogP contribution in [0.15, 0.2) is 29.2 Å². The highest BCUT2D eigenvalue weighted by atomic mass is 32.2. The Balaban J connectivity index is 2.14. The molecule has 0 spiro atoms. The average Bonchev–Trinajstić information content (AvgIpc) is 2.54. The summed E-state index contributed by atoms with van der Waals surface area (Å²) in [5, 5.41) is 9.14. The maximum Gasteiger partial charge on any atom is 0.308 e. The Morgan fingerprint density at radius 2 is 1.96 bits per heavy atom. The van der Waals surface area contributed by atoms with E-state index < -0.39 is 44.6 Å². The molecule has 7 nitrogen and oxygen atoms in total. The van der Waals surface area contributed by atoms with Crippen molar-refractivity contribution in [2.24, 2.45) is 5.92 Å². The number of carboxylic acids is 1. The molecule has 2 N–H and O–H groups in total. The van der Waals surface area contributed by atoms with Crippen LogP contribution in [0.2, 0.25) is 0 Å². The van der Waals surface area contributed by atoms with E-state index in [0.717, 1.165) is 12.1 Å². The van der Waals surface area contributed by atoms with Gasteiger partial charge in [-0.1, -0.05) is 12.1 Å². The van der Waals surface area contributed by atoms with E-state index in [1.54, 1.807) is 6.92 Å². The van der Waals surface area contributed by atoms with Crippen molar-refractivity contribution in [3.63, 3.8) is 0 Å². The Morgan fingerprint density at radius 3 is 2.56 bits per heavy atom. The van der Waals surface area contributed by atoms with Gasteiger partial charge in [0, 0.05) is 12.6 Å². The third-order valence-corrected chi connectivity index (χ3v) is 5.92. The van der Waals surface area contributed by atoms with Crippen LogP contribution in [0.3, 0.4) is 0 Å². The summed E-state index contributed by atoms with van der Waals surface area (Å²) in [5.74, 6) is -3.09. The van der Waals surface area contributed by atoms with Gasteiger partial charge in [0.15, 0.2) is 0 Å². The van der Waals surface area contributed by atoms with E-state index in [1.807, 2.05) is 0 Å². The van der Waals surface area contributed by atoms with Crippen LogP contribution >= 0.6 is 0 Å². The fourth-order valence-electron chi connectivity index (χ4n) is 2.87. The first-order valence-corrected chi connectivity index (χ1v) is 9.42. The minimum Gasteiger partial charge on any atom is -0.481 e. The zero-order valence-electron chi connectivity index (χ0n) is 14.0. The number of piperidine rings is 1. The molecule has 1 saturated heterocycles. The van der Waals surface area contributed by atoms with Gasteiger partial charge in [0.2, 0.25) is 15.9 Å². The minimum absolute atomic E-state index is 0.0289. The Labute approximate surface area is 145 Å². The van der Waals surface area contributed by atoms with Crippen LogP contribution in [-0.4, -0.2) is 48.9 Å². The summed E-state index contributed by atoms with van der Waals surface area (Å²) in [6.45, 7) is 3.17. The first-order chi connectivity index (χ1) is 11.6. The summed E-state index contributed by atoms with van der Waals surface area (Å²) < 4.78 is 40.5. The van der Waals surface area contributed by atoms with E-state index in [9.17, 15) is 22.4 Å². The van der Waals surface area contributed by atoms with Crippen molar-refractivity contribution < 1.29 is 27.5 Å². The molecule has 25 heavy (non-hydrogen) atoms. The van der Waals surface area contributed by atoms with Crippen LogP contribution in [-0.2, 0) is 19.6 Å². The summed E-state index contributed by atoms with van der Waals surface area (Å²) >= 11 is 0. The SMILES string of the molecule is CC(NS(=O)(=O)c1ccccc1F)C(=O)N1CC(C(=O)O)CCC1C. The Morgan fingerprint density at radius 1 is 1.32 bits per heavy atom. The van der Waals surface area contributed by atoms with E-state index >= 15 is 0 Å². The van der Waals surface area contributed by atoms with Crippen molar-refractivity contribution in [3.05, 3.63) is 30.1 Å². The van der Waals surface area contributed by atoms with Gasteiger partial charge in [-0.25, -0.2) is 12.8 Å². The fourth-order valence-corrected chi connectivity index (χ4v) is 4.15. The molecule has 1 aromatic carbocycles. The van der Waals surface area contributed by atoms with Crippen LogP contribution in [0.1, 0.15) is 26.7 Å². The highest BCUT2D eigenvalue weighted by molar-refractivity contribution is 7.89. The van der Waals surface area contributed by atoms with Gasteiger partial charge in [-0.3, -0.25) is 9.59 Å². The average molecular weight is 372 g/mol. The van der Waals surface area contributed by atoms with Gasteiger partial charge in [0.05, 0.1) is 12.0 Å². The predicted octanol–water partition coefficient (Wildman–Crippen LogP) is 1.20. The van der Waals surface area contributed by atoms with Crippen molar-refractivity contribution in [3.8, 4) is 0 Å². The van der Waals surface area contributed by atoms with E-state index in [-0.39, 0.29) is 12.6 Å². The molecule has 1 heterocycles. The van der Waals surface area contributed by atoms with Gasteiger partial charge in [-0.05, 0) is 38.8 Å². The van der Waals surface area contributed by atoms with Gasteiger partial charge in [-0.2, -0.15) is 4.72 Å². The first-order valence-electron chi connectivity index (χ1n) is 7.93. The first kappa shape index (κ1) is 19.3. The van der Waals surface area contributed by atoms with Crippen LogP contribution in [0.5, 0.6) is 0 Å². The van der Waals surface area contributed by atoms with Gasteiger partial charge >= 0.3 is 5.97 Å². The molecular formula is C16H21FN2O5S. The van der Waals surface area contributed by atoms with Crippen LogP contribution < -0.4 is 4.72 Å². The fraction of sp³-hybridized carbons (Fsp3) is 0.500. The lowest BCUT2D eigenvalue weighted by Crippen LogP contribution is -2.54. The monoisotopic (exact) mass is 372 g/mol. The topological polar surface area (TPSA) is 104 Å². The third kappa shape index (κ3) is 4.35. The molecule has 1 amide bonds. The predicted molar refractivity (Wildman–Crippen MR) is 87.7 cm³/mol. The molecule has 9 heteroatoms. The van der Waals surface area contributed by atoms with Crippen molar-refractivity contribution in [2.45, 2.75) is 43.7 Å². The summed E-state index contributed by atoms with van der Waals surface area (Å²) in [4.78, 5) is 24.6. The smallest absolute Gasteiger partial charge is 0.308 e. The van der Waals surface area contributed by atoms with E-state index in [2.05, 4.69) is 4.72 Å². The number of carbonyl (C=O) groups excluding carboxylic acids is 1. The maximum atomic E-state index is 13.7. The normalized spacial score (nSPS) is 22.4. The van der Waals surface area contributed by atoms with Gasteiger partial charge in [0.25, 0.3) is 0 Å². The van der Waals surface area contributed by atoms with E-state index in [1.165, 1.54) is 24.0 Å². The Hall–Kier alpha value is -2.00. The molecule has 0 aromatic heterocycles. The molecule has 3 unspecified atom stereocenters. The molecule has 2 rings (SSSR count). The highest BCUT2D eigenvalue weighted by Crippen LogP contribution is 2.23. The second-order valence-corrected chi connectivity index (χ2v) is 7.91.